The molecule has 4 rings (SSSR count). The molecule has 1 aromatic heterocycles. The topological polar surface area (TPSA) is 30.0 Å². The van der Waals surface area contributed by atoms with Gasteiger partial charge in [-0.15, -0.1) is 0 Å². The van der Waals surface area contributed by atoms with Gasteiger partial charge in [0, 0.05) is 28.3 Å². The second kappa shape index (κ2) is 6.29. The number of fused-ring (bicyclic) bond motifs is 1. The van der Waals surface area contributed by atoms with E-state index in [0.717, 1.165) is 22.0 Å². The summed E-state index contributed by atoms with van der Waals surface area (Å²) in [5.41, 5.74) is 3.48. The number of benzene rings is 3. The monoisotopic (exact) mass is 327 g/mol. The van der Waals surface area contributed by atoms with E-state index in [2.05, 4.69) is 4.98 Å². The van der Waals surface area contributed by atoms with Crippen molar-refractivity contribution in [2.24, 2.45) is 0 Å². The number of nitrogens with zero attached hydrogens (tertiary/aromatic N) is 1. The Balaban J connectivity index is 2.00. The second-order valence-corrected chi connectivity index (χ2v) is 5.77. The summed E-state index contributed by atoms with van der Waals surface area (Å²) in [6.07, 6.45) is 1.61. The number of hydrogen-bond acceptors (Lipinski definition) is 2. The van der Waals surface area contributed by atoms with Crippen LogP contribution in [0.1, 0.15) is 15.9 Å². The van der Waals surface area contributed by atoms with Crippen LogP contribution in [0.15, 0.2) is 85.1 Å². The van der Waals surface area contributed by atoms with Crippen LogP contribution < -0.4 is 0 Å². The van der Waals surface area contributed by atoms with E-state index in [1.165, 1.54) is 12.1 Å². The largest absolute Gasteiger partial charge is 0.289 e. The molecule has 0 atom stereocenters. The summed E-state index contributed by atoms with van der Waals surface area (Å²) in [7, 11) is 0. The Labute approximate surface area is 144 Å². The average Bonchev–Trinajstić information content (AvgIpc) is 2.68. The van der Waals surface area contributed by atoms with Crippen molar-refractivity contribution in [1.29, 1.82) is 0 Å². The summed E-state index contributed by atoms with van der Waals surface area (Å²) in [5, 5.41) is 0.871. The molecule has 0 radical (unpaired) electrons. The summed E-state index contributed by atoms with van der Waals surface area (Å²) < 4.78 is 13.4. The van der Waals surface area contributed by atoms with Crippen LogP contribution in [-0.2, 0) is 0 Å². The standard InChI is InChI=1S/C22H14FNO/c23-17-12-10-15(11-13-17)21-18-8-4-5-9-20(18)24-14-19(21)22(25)16-6-2-1-3-7-16/h1-14H. The highest BCUT2D eigenvalue weighted by Crippen LogP contribution is 2.32. The van der Waals surface area contributed by atoms with Gasteiger partial charge in [0.1, 0.15) is 5.82 Å². The normalized spacial score (nSPS) is 10.8. The lowest BCUT2D eigenvalue weighted by molar-refractivity contribution is 0.103. The van der Waals surface area contributed by atoms with Gasteiger partial charge in [0.05, 0.1) is 5.52 Å². The first-order valence-corrected chi connectivity index (χ1v) is 7.97. The lowest BCUT2D eigenvalue weighted by Crippen LogP contribution is -2.05. The molecule has 0 saturated heterocycles. The molecule has 120 valence electrons. The molecule has 0 fully saturated rings. The zero-order valence-electron chi connectivity index (χ0n) is 13.3. The van der Waals surface area contributed by atoms with Crippen molar-refractivity contribution < 1.29 is 9.18 Å². The fraction of sp³-hybridized carbons (Fsp3) is 0. The zero-order chi connectivity index (χ0) is 17.2. The lowest BCUT2D eigenvalue weighted by Gasteiger charge is -2.12. The van der Waals surface area contributed by atoms with Crippen LogP contribution in [0.2, 0.25) is 0 Å². The van der Waals surface area contributed by atoms with Crippen LogP contribution in [0.3, 0.4) is 0 Å². The third-order valence-electron chi connectivity index (χ3n) is 4.19. The Bertz CT molecular complexity index is 1060. The summed E-state index contributed by atoms with van der Waals surface area (Å²) in [6, 6.07) is 22.9. The van der Waals surface area contributed by atoms with Gasteiger partial charge in [0.2, 0.25) is 0 Å². The van der Waals surface area contributed by atoms with E-state index >= 15 is 0 Å². The van der Waals surface area contributed by atoms with Crippen LogP contribution in [0.4, 0.5) is 4.39 Å². The smallest absolute Gasteiger partial charge is 0.195 e. The molecule has 4 aromatic rings. The summed E-state index contributed by atoms with van der Waals surface area (Å²) in [5.74, 6) is -0.406. The highest BCUT2D eigenvalue weighted by molar-refractivity contribution is 6.16. The molecule has 0 aliphatic carbocycles. The van der Waals surface area contributed by atoms with Crippen molar-refractivity contribution in [3.8, 4) is 11.1 Å². The van der Waals surface area contributed by atoms with E-state index in [9.17, 15) is 9.18 Å². The van der Waals surface area contributed by atoms with Gasteiger partial charge in [-0.1, -0.05) is 60.7 Å². The molecule has 0 aliphatic heterocycles. The third-order valence-corrected chi connectivity index (χ3v) is 4.19. The average molecular weight is 327 g/mol. The Morgan fingerprint density at radius 1 is 0.800 bits per heavy atom. The van der Waals surface area contributed by atoms with Crippen molar-refractivity contribution in [3.63, 3.8) is 0 Å². The van der Waals surface area contributed by atoms with Crippen LogP contribution in [0.5, 0.6) is 0 Å². The minimum Gasteiger partial charge on any atom is -0.289 e. The molecular weight excluding hydrogens is 313 g/mol. The minimum atomic E-state index is -0.307. The summed E-state index contributed by atoms with van der Waals surface area (Å²) in [6.45, 7) is 0. The molecule has 1 heterocycles. The minimum absolute atomic E-state index is 0.0989. The number of para-hydroxylation sites is 1. The van der Waals surface area contributed by atoms with Crippen molar-refractivity contribution in [1.82, 2.24) is 4.98 Å². The first kappa shape index (κ1) is 15.2. The molecule has 0 N–H and O–H groups in total. The predicted octanol–water partition coefficient (Wildman–Crippen LogP) is 5.27. The van der Waals surface area contributed by atoms with Crippen LogP contribution in [0.25, 0.3) is 22.0 Å². The molecule has 0 aliphatic rings. The molecule has 25 heavy (non-hydrogen) atoms. The van der Waals surface area contributed by atoms with E-state index in [0.29, 0.717) is 11.1 Å². The van der Waals surface area contributed by atoms with Gasteiger partial charge >= 0.3 is 0 Å². The maximum Gasteiger partial charge on any atom is 0.195 e. The fourth-order valence-corrected chi connectivity index (χ4v) is 2.99. The van der Waals surface area contributed by atoms with Gasteiger partial charge in [-0.05, 0) is 23.8 Å². The molecule has 3 heteroatoms. The number of hydrogen-bond donors (Lipinski definition) is 0. The Morgan fingerprint density at radius 3 is 2.24 bits per heavy atom. The molecule has 2 nitrogen and oxygen atoms in total. The van der Waals surface area contributed by atoms with Crippen LogP contribution in [0, 0.1) is 5.82 Å². The van der Waals surface area contributed by atoms with Gasteiger partial charge < -0.3 is 0 Å². The Morgan fingerprint density at radius 2 is 1.48 bits per heavy atom. The SMILES string of the molecule is O=C(c1ccccc1)c1cnc2ccccc2c1-c1ccc(F)cc1. The predicted molar refractivity (Wildman–Crippen MR) is 97.0 cm³/mol. The first-order valence-electron chi connectivity index (χ1n) is 7.97. The van der Waals surface area contributed by atoms with E-state index in [1.54, 1.807) is 30.5 Å². The number of carbonyl (C=O) groups is 1. The molecule has 0 spiro atoms. The molecule has 3 aromatic carbocycles. The lowest BCUT2D eigenvalue weighted by atomic mass is 9.92. The Kier molecular flexibility index (Phi) is 3.82. The highest BCUT2D eigenvalue weighted by atomic mass is 19.1. The van der Waals surface area contributed by atoms with E-state index < -0.39 is 0 Å². The molecule has 0 saturated carbocycles. The van der Waals surface area contributed by atoms with Crippen LogP contribution >= 0.6 is 0 Å². The fourth-order valence-electron chi connectivity index (χ4n) is 2.99. The highest BCUT2D eigenvalue weighted by Gasteiger charge is 2.18. The maximum atomic E-state index is 13.4. The number of aromatic nitrogens is 1. The summed E-state index contributed by atoms with van der Waals surface area (Å²) in [4.78, 5) is 17.5. The number of halogens is 1. The van der Waals surface area contributed by atoms with Crippen molar-refractivity contribution in [2.45, 2.75) is 0 Å². The van der Waals surface area contributed by atoms with E-state index in [4.69, 9.17) is 0 Å². The van der Waals surface area contributed by atoms with E-state index in [-0.39, 0.29) is 11.6 Å². The van der Waals surface area contributed by atoms with Gasteiger partial charge in [-0.2, -0.15) is 0 Å². The second-order valence-electron chi connectivity index (χ2n) is 5.77. The number of pyridine rings is 1. The molecule has 0 amide bonds. The van der Waals surface area contributed by atoms with Crippen LogP contribution in [-0.4, -0.2) is 10.8 Å². The van der Waals surface area contributed by atoms with E-state index in [1.807, 2.05) is 42.5 Å². The van der Waals surface area contributed by atoms with Crippen molar-refractivity contribution >= 4 is 16.7 Å². The van der Waals surface area contributed by atoms with Gasteiger partial charge in [0.15, 0.2) is 5.78 Å². The molecule has 0 unspecified atom stereocenters. The maximum absolute atomic E-state index is 13.4. The first-order chi connectivity index (χ1) is 12.2. The van der Waals surface area contributed by atoms with Crippen molar-refractivity contribution in [2.75, 3.05) is 0 Å². The summed E-state index contributed by atoms with van der Waals surface area (Å²) >= 11 is 0. The third kappa shape index (κ3) is 2.81. The molecule has 0 bridgehead atoms. The quantitative estimate of drug-likeness (QED) is 0.480. The zero-order valence-corrected chi connectivity index (χ0v) is 13.3. The number of carbonyl (C=O) groups excluding carboxylic acids is 1. The van der Waals surface area contributed by atoms with Gasteiger partial charge in [0.25, 0.3) is 0 Å². The number of rotatable bonds is 3. The van der Waals surface area contributed by atoms with Gasteiger partial charge in [-0.25, -0.2) is 4.39 Å². The Hall–Kier alpha value is -3.33. The molecular formula is C22H14FNO. The van der Waals surface area contributed by atoms with Gasteiger partial charge in [-0.3, -0.25) is 9.78 Å². The van der Waals surface area contributed by atoms with Crippen molar-refractivity contribution in [3.05, 3.63) is 102 Å². The number of ketones is 1.